The van der Waals surface area contributed by atoms with Gasteiger partial charge in [0.1, 0.15) is 6.23 Å². The maximum absolute atomic E-state index is 10.9. The van der Waals surface area contributed by atoms with Gasteiger partial charge in [-0.2, -0.15) is 0 Å². The molecular formula is C13H26N4O2. The number of hydrogen-bond acceptors (Lipinski definition) is 5. The summed E-state index contributed by atoms with van der Waals surface area (Å²) >= 11 is 0. The first-order valence-corrected chi connectivity index (χ1v) is 6.50. The molecule has 1 amide bonds. The summed E-state index contributed by atoms with van der Waals surface area (Å²) in [5.74, 6) is -0.145. The van der Waals surface area contributed by atoms with E-state index in [4.69, 9.17) is 0 Å². The van der Waals surface area contributed by atoms with Crippen LogP contribution in [0.3, 0.4) is 0 Å². The molecule has 0 aliphatic heterocycles. The van der Waals surface area contributed by atoms with Gasteiger partial charge >= 0.3 is 0 Å². The van der Waals surface area contributed by atoms with Gasteiger partial charge in [-0.1, -0.05) is 0 Å². The second-order valence-electron chi connectivity index (χ2n) is 4.37. The van der Waals surface area contributed by atoms with Gasteiger partial charge in [-0.05, 0) is 39.9 Å². The number of carbonyl (C=O) groups is 1. The largest absolute Gasteiger partial charge is 0.379 e. The van der Waals surface area contributed by atoms with Crippen LogP contribution in [0.2, 0.25) is 0 Å². The van der Waals surface area contributed by atoms with E-state index in [2.05, 4.69) is 15.6 Å². The standard InChI is InChI=1S/C13H26N4O2/c1-11(15-8-5-7-13(19)14-3)16-9-6-10-17(4)12(2)18/h5,7-8,11-12,16,18H,6,9-10H2,1-4H3,(H,14,19)/b7-5+,15-8?. The highest BCUT2D eigenvalue weighted by Gasteiger charge is 2.03. The van der Waals surface area contributed by atoms with E-state index in [1.807, 2.05) is 18.9 Å². The van der Waals surface area contributed by atoms with Crippen LogP contribution >= 0.6 is 0 Å². The fourth-order valence-electron chi connectivity index (χ4n) is 1.27. The maximum Gasteiger partial charge on any atom is 0.243 e. The Morgan fingerprint density at radius 3 is 2.74 bits per heavy atom. The van der Waals surface area contributed by atoms with Crippen LogP contribution in [0.25, 0.3) is 0 Å². The monoisotopic (exact) mass is 270 g/mol. The number of nitrogens with zero attached hydrogens (tertiary/aromatic N) is 2. The lowest BCUT2D eigenvalue weighted by Gasteiger charge is -2.19. The molecule has 2 atom stereocenters. The summed E-state index contributed by atoms with van der Waals surface area (Å²) in [6.45, 7) is 5.36. The first kappa shape index (κ1) is 17.8. The normalized spacial score (nSPS) is 15.3. The van der Waals surface area contributed by atoms with Gasteiger partial charge in [-0.15, -0.1) is 0 Å². The minimum atomic E-state index is -0.412. The Labute approximate surface area is 115 Å². The van der Waals surface area contributed by atoms with E-state index in [-0.39, 0.29) is 12.1 Å². The summed E-state index contributed by atoms with van der Waals surface area (Å²) in [6.07, 6.45) is 5.17. The number of amides is 1. The van der Waals surface area contributed by atoms with E-state index < -0.39 is 6.23 Å². The van der Waals surface area contributed by atoms with E-state index in [1.165, 1.54) is 6.08 Å². The average molecular weight is 270 g/mol. The van der Waals surface area contributed by atoms with Gasteiger partial charge in [-0.3, -0.25) is 20.0 Å². The molecule has 0 aromatic carbocycles. The Morgan fingerprint density at radius 1 is 1.47 bits per heavy atom. The van der Waals surface area contributed by atoms with Crippen molar-refractivity contribution in [2.45, 2.75) is 32.7 Å². The van der Waals surface area contributed by atoms with Gasteiger partial charge < -0.3 is 10.4 Å². The average Bonchev–Trinajstić information content (AvgIpc) is 2.38. The first-order valence-electron chi connectivity index (χ1n) is 6.50. The summed E-state index contributed by atoms with van der Waals surface area (Å²) in [4.78, 5) is 17.0. The Morgan fingerprint density at radius 2 is 2.16 bits per heavy atom. The number of hydrogen-bond donors (Lipinski definition) is 3. The van der Waals surface area contributed by atoms with Crippen molar-refractivity contribution in [3.05, 3.63) is 12.2 Å². The van der Waals surface area contributed by atoms with Gasteiger partial charge in [0.25, 0.3) is 0 Å². The number of likely N-dealkylation sites (N-methyl/N-ethyl adjacent to an activating group) is 1. The number of nitrogens with one attached hydrogen (secondary N) is 2. The quantitative estimate of drug-likeness (QED) is 0.238. The summed E-state index contributed by atoms with van der Waals surface area (Å²) in [7, 11) is 3.47. The molecule has 0 aromatic heterocycles. The lowest BCUT2D eigenvalue weighted by atomic mass is 10.3. The van der Waals surface area contributed by atoms with Crippen LogP contribution in [0, 0.1) is 0 Å². The third kappa shape index (κ3) is 10.4. The minimum Gasteiger partial charge on any atom is -0.379 e. The molecule has 0 saturated heterocycles. The second kappa shape index (κ2) is 10.7. The fourth-order valence-corrected chi connectivity index (χ4v) is 1.27. The Balaban J connectivity index is 3.70. The van der Waals surface area contributed by atoms with E-state index in [0.29, 0.717) is 0 Å². The number of aliphatic hydroxyl groups excluding tert-OH is 1. The summed E-state index contributed by atoms with van der Waals surface area (Å²) in [5, 5.41) is 15.0. The van der Waals surface area contributed by atoms with E-state index in [0.717, 1.165) is 19.5 Å². The minimum absolute atomic E-state index is 0.00574. The zero-order valence-electron chi connectivity index (χ0n) is 12.3. The van der Waals surface area contributed by atoms with Crippen LogP contribution in [0.15, 0.2) is 17.1 Å². The number of carbonyl (C=O) groups excluding carboxylic acids is 1. The molecule has 0 rings (SSSR count). The van der Waals surface area contributed by atoms with Crippen molar-refractivity contribution in [3.8, 4) is 0 Å². The summed E-state index contributed by atoms with van der Waals surface area (Å²) in [6, 6.07) is 0. The summed E-state index contributed by atoms with van der Waals surface area (Å²) < 4.78 is 0. The zero-order chi connectivity index (χ0) is 14.7. The molecular weight excluding hydrogens is 244 g/mol. The van der Waals surface area contributed by atoms with Gasteiger partial charge in [0, 0.05) is 25.9 Å². The van der Waals surface area contributed by atoms with Crippen LogP contribution in [-0.2, 0) is 4.79 Å². The molecule has 110 valence electrons. The van der Waals surface area contributed by atoms with Crippen molar-refractivity contribution in [2.24, 2.45) is 4.99 Å². The summed E-state index contributed by atoms with van der Waals surface area (Å²) in [5.41, 5.74) is 0. The fraction of sp³-hybridized carbons (Fsp3) is 0.692. The SMILES string of the molecule is CNC(=O)/C=C/C=NC(C)NCCCN(C)C(C)O. The van der Waals surface area contributed by atoms with E-state index in [1.54, 1.807) is 26.3 Å². The third-order valence-corrected chi connectivity index (χ3v) is 2.65. The Hall–Kier alpha value is -1.24. The van der Waals surface area contributed by atoms with Gasteiger partial charge in [0.15, 0.2) is 0 Å². The number of allylic oxidation sites excluding steroid dienone is 1. The molecule has 0 spiro atoms. The molecule has 0 bridgehead atoms. The number of aliphatic imine (C=N–C) groups is 1. The van der Waals surface area contributed by atoms with Crippen LogP contribution in [-0.4, -0.2) is 61.7 Å². The van der Waals surface area contributed by atoms with Crippen LogP contribution in [0.1, 0.15) is 20.3 Å². The molecule has 0 fully saturated rings. The molecule has 6 nitrogen and oxygen atoms in total. The highest BCUT2D eigenvalue weighted by atomic mass is 16.3. The van der Waals surface area contributed by atoms with Crippen molar-refractivity contribution >= 4 is 12.1 Å². The van der Waals surface area contributed by atoms with Crippen molar-refractivity contribution in [2.75, 3.05) is 27.2 Å². The topological polar surface area (TPSA) is 77.0 Å². The van der Waals surface area contributed by atoms with E-state index >= 15 is 0 Å². The van der Waals surface area contributed by atoms with Crippen molar-refractivity contribution in [1.82, 2.24) is 15.5 Å². The van der Waals surface area contributed by atoms with Crippen LogP contribution < -0.4 is 10.6 Å². The highest BCUT2D eigenvalue weighted by molar-refractivity contribution is 5.91. The van der Waals surface area contributed by atoms with Crippen LogP contribution in [0.4, 0.5) is 0 Å². The molecule has 19 heavy (non-hydrogen) atoms. The molecule has 0 saturated carbocycles. The lowest BCUT2D eigenvalue weighted by molar-refractivity contribution is -0.116. The maximum atomic E-state index is 10.9. The molecule has 0 aromatic rings. The molecule has 0 radical (unpaired) electrons. The Kier molecular flexibility index (Phi) is 9.97. The third-order valence-electron chi connectivity index (χ3n) is 2.65. The van der Waals surface area contributed by atoms with Crippen molar-refractivity contribution in [3.63, 3.8) is 0 Å². The van der Waals surface area contributed by atoms with Crippen molar-refractivity contribution in [1.29, 1.82) is 0 Å². The highest BCUT2D eigenvalue weighted by Crippen LogP contribution is 1.92. The molecule has 6 heteroatoms. The predicted octanol–water partition coefficient (Wildman–Crippen LogP) is -0.0448. The number of rotatable bonds is 9. The molecule has 2 unspecified atom stereocenters. The first-order chi connectivity index (χ1) is 8.97. The van der Waals surface area contributed by atoms with Gasteiger partial charge in [0.05, 0.1) is 6.17 Å². The van der Waals surface area contributed by atoms with Gasteiger partial charge in [-0.25, -0.2) is 0 Å². The predicted molar refractivity (Wildman–Crippen MR) is 78.1 cm³/mol. The van der Waals surface area contributed by atoms with Crippen molar-refractivity contribution < 1.29 is 9.90 Å². The molecule has 3 N–H and O–H groups in total. The van der Waals surface area contributed by atoms with Crippen LogP contribution in [0.5, 0.6) is 0 Å². The molecule has 0 aliphatic rings. The molecule has 0 aliphatic carbocycles. The molecule has 0 heterocycles. The van der Waals surface area contributed by atoms with E-state index in [9.17, 15) is 9.90 Å². The number of aliphatic hydroxyl groups is 1. The van der Waals surface area contributed by atoms with Gasteiger partial charge in [0.2, 0.25) is 5.91 Å². The lowest BCUT2D eigenvalue weighted by Crippen LogP contribution is -2.32. The second-order valence-corrected chi connectivity index (χ2v) is 4.37. The Bertz CT molecular complexity index is 303. The zero-order valence-corrected chi connectivity index (χ0v) is 12.3. The smallest absolute Gasteiger partial charge is 0.243 e.